The molecule has 0 spiro atoms. The number of ether oxygens (including phenoxy) is 3. The van der Waals surface area contributed by atoms with Gasteiger partial charge >= 0.3 is 12.0 Å². The Hall–Kier alpha value is -3.75. The molecular weight excluding hydrogens is 402 g/mol. The van der Waals surface area contributed by atoms with Gasteiger partial charge in [0.1, 0.15) is 0 Å². The van der Waals surface area contributed by atoms with Crippen molar-refractivity contribution in [2.24, 2.45) is 5.73 Å². The Morgan fingerprint density at radius 1 is 0.935 bits per heavy atom. The number of primary amides is 1. The summed E-state index contributed by atoms with van der Waals surface area (Å²) in [6.07, 6.45) is 0.584. The molecule has 2 aromatic carbocycles. The topological polar surface area (TPSA) is 129 Å². The van der Waals surface area contributed by atoms with E-state index in [2.05, 4.69) is 10.6 Å². The van der Waals surface area contributed by atoms with Crippen LogP contribution in [0.4, 0.5) is 10.5 Å². The molecule has 9 heteroatoms. The summed E-state index contributed by atoms with van der Waals surface area (Å²) < 4.78 is 16.1. The fourth-order valence-electron chi connectivity index (χ4n) is 2.69. The molecule has 0 aliphatic rings. The predicted molar refractivity (Wildman–Crippen MR) is 115 cm³/mol. The number of anilines is 1. The van der Waals surface area contributed by atoms with Gasteiger partial charge < -0.3 is 30.6 Å². The summed E-state index contributed by atoms with van der Waals surface area (Å²) in [5, 5.41) is 5.10. The van der Waals surface area contributed by atoms with Crippen LogP contribution in [-0.2, 0) is 16.0 Å². The first-order valence-corrected chi connectivity index (χ1v) is 9.91. The van der Waals surface area contributed by atoms with Crippen LogP contribution in [0.25, 0.3) is 0 Å². The van der Waals surface area contributed by atoms with Crippen LogP contribution in [0.15, 0.2) is 42.5 Å². The molecule has 0 saturated carbocycles. The highest BCUT2D eigenvalue weighted by molar-refractivity contribution is 5.93. The van der Waals surface area contributed by atoms with Crippen molar-refractivity contribution in [3.63, 3.8) is 0 Å². The van der Waals surface area contributed by atoms with Crippen LogP contribution in [0.3, 0.4) is 0 Å². The minimum atomic E-state index is -0.702. The van der Waals surface area contributed by atoms with Gasteiger partial charge in [0.15, 0.2) is 18.1 Å². The summed E-state index contributed by atoms with van der Waals surface area (Å²) in [6, 6.07) is 10.9. The number of carbonyl (C=O) groups is 3. The van der Waals surface area contributed by atoms with Gasteiger partial charge in [-0.25, -0.2) is 9.59 Å². The van der Waals surface area contributed by atoms with Crippen molar-refractivity contribution in [3.05, 3.63) is 53.6 Å². The maximum Gasteiger partial charge on any atom is 0.338 e. The molecule has 31 heavy (non-hydrogen) atoms. The van der Waals surface area contributed by atoms with Crippen molar-refractivity contribution in [2.45, 2.75) is 20.3 Å². The van der Waals surface area contributed by atoms with Crippen LogP contribution in [-0.4, -0.2) is 44.3 Å². The standard InChI is InChI=1S/C22H27N3O6/c1-3-29-18-10-5-15(13-19(18)30-4-2)11-12-24-20(26)14-31-21(27)16-6-8-17(9-7-16)25-22(23)28/h5-10,13H,3-4,11-12,14H2,1-2H3,(H,24,26)(H3,23,25,28). The molecule has 4 N–H and O–H groups in total. The SMILES string of the molecule is CCOc1ccc(CCNC(=O)COC(=O)c2ccc(NC(N)=O)cc2)cc1OCC. The van der Waals surface area contributed by atoms with Crippen LogP contribution in [0.5, 0.6) is 11.5 Å². The van der Waals surface area contributed by atoms with E-state index in [1.165, 1.54) is 24.3 Å². The minimum absolute atomic E-state index is 0.251. The molecule has 0 atom stereocenters. The van der Waals surface area contributed by atoms with Gasteiger partial charge in [0, 0.05) is 12.2 Å². The van der Waals surface area contributed by atoms with E-state index in [4.69, 9.17) is 19.9 Å². The molecule has 0 fully saturated rings. The second kappa shape index (κ2) is 12.1. The van der Waals surface area contributed by atoms with E-state index in [0.29, 0.717) is 43.4 Å². The van der Waals surface area contributed by atoms with Gasteiger partial charge in [-0.3, -0.25) is 4.79 Å². The highest BCUT2D eigenvalue weighted by atomic mass is 16.5. The van der Waals surface area contributed by atoms with Crippen molar-refractivity contribution in [2.75, 3.05) is 31.7 Å². The molecule has 0 unspecified atom stereocenters. The van der Waals surface area contributed by atoms with E-state index in [1.807, 2.05) is 32.0 Å². The van der Waals surface area contributed by atoms with Gasteiger partial charge in [-0.2, -0.15) is 0 Å². The van der Waals surface area contributed by atoms with Gasteiger partial charge in [-0.05, 0) is 62.2 Å². The molecule has 0 aliphatic heterocycles. The molecule has 0 radical (unpaired) electrons. The van der Waals surface area contributed by atoms with Gasteiger partial charge in [0.25, 0.3) is 5.91 Å². The lowest BCUT2D eigenvalue weighted by Crippen LogP contribution is -2.30. The van der Waals surface area contributed by atoms with Crippen LogP contribution in [0.1, 0.15) is 29.8 Å². The van der Waals surface area contributed by atoms with E-state index >= 15 is 0 Å². The molecule has 0 aromatic heterocycles. The van der Waals surface area contributed by atoms with Gasteiger partial charge in [-0.15, -0.1) is 0 Å². The number of esters is 1. The number of rotatable bonds is 11. The predicted octanol–water partition coefficient (Wildman–Crippen LogP) is 2.49. The normalized spacial score (nSPS) is 10.1. The molecule has 2 aromatic rings. The maximum absolute atomic E-state index is 12.0. The van der Waals surface area contributed by atoms with E-state index < -0.39 is 24.5 Å². The summed E-state index contributed by atoms with van der Waals surface area (Å²) in [5.41, 5.74) is 6.70. The molecule has 9 nitrogen and oxygen atoms in total. The number of carbonyl (C=O) groups excluding carboxylic acids is 3. The number of hydrogen-bond acceptors (Lipinski definition) is 6. The average molecular weight is 429 g/mol. The molecule has 0 aliphatic carbocycles. The third-order valence-corrected chi connectivity index (χ3v) is 4.07. The van der Waals surface area contributed by atoms with E-state index in [9.17, 15) is 14.4 Å². The lowest BCUT2D eigenvalue weighted by Gasteiger charge is -2.12. The Balaban J connectivity index is 1.77. The van der Waals surface area contributed by atoms with Crippen LogP contribution in [0, 0.1) is 0 Å². The second-order valence-electron chi connectivity index (χ2n) is 6.39. The number of urea groups is 1. The monoisotopic (exact) mass is 429 g/mol. The zero-order valence-electron chi connectivity index (χ0n) is 17.6. The van der Waals surface area contributed by atoms with Crippen molar-refractivity contribution in [3.8, 4) is 11.5 Å². The zero-order valence-corrected chi connectivity index (χ0v) is 17.6. The number of amides is 3. The van der Waals surface area contributed by atoms with Gasteiger partial charge in [0.05, 0.1) is 18.8 Å². The number of benzene rings is 2. The summed E-state index contributed by atoms with van der Waals surface area (Å²) in [7, 11) is 0. The zero-order chi connectivity index (χ0) is 22.6. The Morgan fingerprint density at radius 3 is 2.26 bits per heavy atom. The molecule has 3 amide bonds. The Morgan fingerprint density at radius 2 is 1.61 bits per heavy atom. The molecule has 2 rings (SSSR count). The third-order valence-electron chi connectivity index (χ3n) is 4.07. The number of nitrogens with one attached hydrogen (secondary N) is 2. The number of nitrogens with two attached hydrogens (primary N) is 1. The molecule has 0 heterocycles. The van der Waals surface area contributed by atoms with Gasteiger partial charge in [0.2, 0.25) is 0 Å². The quantitative estimate of drug-likeness (QED) is 0.471. The van der Waals surface area contributed by atoms with Gasteiger partial charge in [-0.1, -0.05) is 6.07 Å². The first kappa shape index (κ1) is 23.5. The lowest BCUT2D eigenvalue weighted by atomic mass is 10.1. The second-order valence-corrected chi connectivity index (χ2v) is 6.39. The summed E-state index contributed by atoms with van der Waals surface area (Å²) in [6.45, 7) is 4.86. The van der Waals surface area contributed by atoms with Crippen molar-refractivity contribution in [1.82, 2.24) is 5.32 Å². The van der Waals surface area contributed by atoms with Crippen LogP contribution >= 0.6 is 0 Å². The lowest BCUT2D eigenvalue weighted by molar-refractivity contribution is -0.124. The maximum atomic E-state index is 12.0. The van der Waals surface area contributed by atoms with Crippen molar-refractivity contribution >= 4 is 23.6 Å². The third kappa shape index (κ3) is 7.88. The average Bonchev–Trinajstić information content (AvgIpc) is 2.74. The van der Waals surface area contributed by atoms with Crippen molar-refractivity contribution < 1.29 is 28.6 Å². The van der Waals surface area contributed by atoms with E-state index in [1.54, 1.807) is 0 Å². The van der Waals surface area contributed by atoms with E-state index in [0.717, 1.165) is 5.56 Å². The summed E-state index contributed by atoms with van der Waals surface area (Å²) in [5.74, 6) is 0.298. The fraction of sp³-hybridized carbons (Fsp3) is 0.318. The van der Waals surface area contributed by atoms with E-state index in [-0.39, 0.29) is 5.56 Å². The summed E-state index contributed by atoms with van der Waals surface area (Å²) >= 11 is 0. The Bertz CT molecular complexity index is 899. The summed E-state index contributed by atoms with van der Waals surface area (Å²) in [4.78, 5) is 34.8. The molecular formula is C22H27N3O6. The van der Waals surface area contributed by atoms with Crippen LogP contribution < -0.4 is 25.8 Å². The molecule has 0 bridgehead atoms. The number of hydrogen-bond donors (Lipinski definition) is 3. The largest absolute Gasteiger partial charge is 0.490 e. The fourth-order valence-corrected chi connectivity index (χ4v) is 2.69. The highest BCUT2D eigenvalue weighted by Crippen LogP contribution is 2.28. The first-order chi connectivity index (χ1) is 14.9. The molecule has 0 saturated heterocycles. The highest BCUT2D eigenvalue weighted by Gasteiger charge is 2.11. The Kier molecular flexibility index (Phi) is 9.15. The van der Waals surface area contributed by atoms with Crippen molar-refractivity contribution in [1.29, 1.82) is 0 Å². The minimum Gasteiger partial charge on any atom is -0.490 e. The first-order valence-electron chi connectivity index (χ1n) is 9.91. The molecule has 166 valence electrons. The Labute approximate surface area is 180 Å². The smallest absolute Gasteiger partial charge is 0.338 e. The van der Waals surface area contributed by atoms with Crippen LogP contribution in [0.2, 0.25) is 0 Å².